The van der Waals surface area contributed by atoms with Crippen molar-refractivity contribution in [2.24, 2.45) is 0 Å². The van der Waals surface area contributed by atoms with Crippen LogP contribution >= 0.6 is 0 Å². The number of cyclic esters (lactones) is 1. The van der Waals surface area contributed by atoms with Crippen molar-refractivity contribution in [2.45, 2.75) is 25.2 Å². The second-order valence-electron chi connectivity index (χ2n) is 7.42. The van der Waals surface area contributed by atoms with Gasteiger partial charge in [-0.25, -0.2) is 9.69 Å². The molecule has 1 fully saturated rings. The van der Waals surface area contributed by atoms with Crippen molar-refractivity contribution in [1.29, 1.82) is 0 Å². The highest BCUT2D eigenvalue weighted by atomic mass is 16.6. The molecule has 0 radical (unpaired) electrons. The van der Waals surface area contributed by atoms with Gasteiger partial charge in [-0.3, -0.25) is 0 Å². The van der Waals surface area contributed by atoms with E-state index >= 15 is 0 Å². The van der Waals surface area contributed by atoms with Crippen LogP contribution in [0.1, 0.15) is 19.4 Å². The van der Waals surface area contributed by atoms with Crippen molar-refractivity contribution in [3.05, 3.63) is 78.4 Å². The quantitative estimate of drug-likeness (QED) is 0.587. The molecule has 5 rings (SSSR count). The minimum absolute atomic E-state index is 0.417. The first kappa shape index (κ1) is 15.9. The van der Waals surface area contributed by atoms with E-state index in [9.17, 15) is 4.79 Å². The molecular formula is C23H19NO3. The monoisotopic (exact) mass is 357 g/mol. The zero-order valence-corrected chi connectivity index (χ0v) is 15.2. The fraction of sp³-hybridized carbons (Fsp3) is 0.174. The van der Waals surface area contributed by atoms with Gasteiger partial charge in [0.1, 0.15) is 5.75 Å². The highest BCUT2D eigenvalue weighted by Crippen LogP contribution is 2.48. The molecule has 0 unspecified atom stereocenters. The highest BCUT2D eigenvalue weighted by Gasteiger charge is 2.63. The van der Waals surface area contributed by atoms with Gasteiger partial charge in [-0.05, 0) is 61.0 Å². The zero-order valence-electron chi connectivity index (χ0n) is 15.2. The van der Waals surface area contributed by atoms with Crippen LogP contribution in [0.2, 0.25) is 0 Å². The molecule has 3 aromatic carbocycles. The number of para-hydroxylation sites is 1. The summed E-state index contributed by atoms with van der Waals surface area (Å²) < 4.78 is 12.3. The van der Waals surface area contributed by atoms with Crippen molar-refractivity contribution >= 4 is 28.6 Å². The van der Waals surface area contributed by atoms with Gasteiger partial charge in [0.25, 0.3) is 5.72 Å². The van der Waals surface area contributed by atoms with Gasteiger partial charge in [-0.1, -0.05) is 42.5 Å². The van der Waals surface area contributed by atoms with Gasteiger partial charge in [0, 0.05) is 5.56 Å². The lowest BCUT2D eigenvalue weighted by Gasteiger charge is -2.42. The molecule has 4 nitrogen and oxygen atoms in total. The van der Waals surface area contributed by atoms with E-state index in [0.717, 1.165) is 27.8 Å². The third kappa shape index (κ3) is 2.19. The molecule has 0 aliphatic carbocycles. The molecule has 2 aliphatic rings. The topological polar surface area (TPSA) is 38.8 Å². The minimum Gasteiger partial charge on any atom is -0.459 e. The second-order valence-corrected chi connectivity index (χ2v) is 7.42. The fourth-order valence-corrected chi connectivity index (χ4v) is 3.92. The van der Waals surface area contributed by atoms with Crippen LogP contribution in [-0.2, 0) is 4.74 Å². The van der Waals surface area contributed by atoms with Crippen LogP contribution < -0.4 is 9.64 Å². The maximum Gasteiger partial charge on any atom is 0.418 e. The van der Waals surface area contributed by atoms with E-state index in [-0.39, 0.29) is 0 Å². The number of hydrogen-bond acceptors (Lipinski definition) is 3. The van der Waals surface area contributed by atoms with E-state index in [4.69, 9.17) is 9.47 Å². The van der Waals surface area contributed by atoms with Crippen molar-refractivity contribution in [3.63, 3.8) is 0 Å². The summed E-state index contributed by atoms with van der Waals surface area (Å²) in [5, 5.41) is 2.24. The Balaban J connectivity index is 1.69. The lowest BCUT2D eigenvalue weighted by molar-refractivity contribution is -0.0378. The average Bonchev–Trinajstić information content (AvgIpc) is 2.85. The first-order chi connectivity index (χ1) is 13.0. The van der Waals surface area contributed by atoms with Crippen molar-refractivity contribution in [3.8, 4) is 5.75 Å². The number of anilines is 1. The summed E-state index contributed by atoms with van der Waals surface area (Å²) in [6.45, 7) is 3.76. The van der Waals surface area contributed by atoms with Crippen LogP contribution in [0.15, 0.2) is 72.8 Å². The molecule has 134 valence electrons. The third-order valence-electron chi connectivity index (χ3n) is 5.37. The number of ether oxygens (including phenoxy) is 2. The number of nitrogens with zero attached hydrogens (tertiary/aromatic N) is 1. The van der Waals surface area contributed by atoms with Gasteiger partial charge in [0.2, 0.25) is 0 Å². The fourth-order valence-electron chi connectivity index (χ4n) is 3.92. The van der Waals surface area contributed by atoms with Gasteiger partial charge in [0.15, 0.2) is 5.60 Å². The van der Waals surface area contributed by atoms with E-state index in [1.165, 1.54) is 0 Å². The van der Waals surface area contributed by atoms with E-state index in [0.29, 0.717) is 0 Å². The van der Waals surface area contributed by atoms with E-state index in [2.05, 4.69) is 18.2 Å². The number of rotatable bonds is 1. The molecule has 27 heavy (non-hydrogen) atoms. The number of carbonyl (C=O) groups excluding carboxylic acids is 1. The molecule has 1 saturated heterocycles. The summed E-state index contributed by atoms with van der Waals surface area (Å²) in [7, 11) is 0. The van der Waals surface area contributed by atoms with Crippen LogP contribution in [0, 0.1) is 0 Å². The van der Waals surface area contributed by atoms with Gasteiger partial charge >= 0.3 is 6.09 Å². The van der Waals surface area contributed by atoms with Crippen LogP contribution in [0.4, 0.5) is 10.5 Å². The van der Waals surface area contributed by atoms with Crippen molar-refractivity contribution < 1.29 is 14.3 Å². The van der Waals surface area contributed by atoms with Gasteiger partial charge < -0.3 is 9.47 Å². The first-order valence-corrected chi connectivity index (χ1v) is 8.99. The summed E-state index contributed by atoms with van der Waals surface area (Å²) in [6.07, 6.45) is 3.53. The molecule has 0 aromatic heterocycles. The van der Waals surface area contributed by atoms with E-state index < -0.39 is 17.4 Å². The van der Waals surface area contributed by atoms with Crippen LogP contribution in [0.25, 0.3) is 16.8 Å². The van der Waals surface area contributed by atoms with E-state index in [1.54, 1.807) is 4.90 Å². The Labute approximate surface area is 157 Å². The Morgan fingerprint density at radius 3 is 2.26 bits per heavy atom. The SMILES string of the molecule is CC1(C)OC(=O)N(c2ccccc2)[C@@]12C=Cc1cc3ccccc3cc1O2. The van der Waals surface area contributed by atoms with Crippen molar-refractivity contribution in [1.82, 2.24) is 0 Å². The number of fused-ring (bicyclic) bond motifs is 2. The van der Waals surface area contributed by atoms with Gasteiger partial charge in [0.05, 0.1) is 5.69 Å². The number of carbonyl (C=O) groups is 1. The summed E-state index contributed by atoms with van der Waals surface area (Å²) in [6, 6.07) is 21.8. The Morgan fingerprint density at radius 2 is 1.52 bits per heavy atom. The van der Waals surface area contributed by atoms with E-state index in [1.807, 2.05) is 74.5 Å². The van der Waals surface area contributed by atoms with Gasteiger partial charge in [-0.15, -0.1) is 0 Å². The van der Waals surface area contributed by atoms with Crippen molar-refractivity contribution in [2.75, 3.05) is 4.90 Å². The molecule has 0 N–H and O–H groups in total. The summed E-state index contributed by atoms with van der Waals surface area (Å²) in [5.74, 6) is 0.739. The molecular weight excluding hydrogens is 338 g/mol. The smallest absolute Gasteiger partial charge is 0.418 e. The second kappa shape index (κ2) is 5.36. The highest BCUT2D eigenvalue weighted by molar-refractivity contribution is 5.94. The van der Waals surface area contributed by atoms with Crippen LogP contribution in [-0.4, -0.2) is 17.4 Å². The minimum atomic E-state index is -1.05. The molecule has 2 aliphatic heterocycles. The van der Waals surface area contributed by atoms with Crippen LogP contribution in [0.3, 0.4) is 0 Å². The maximum atomic E-state index is 12.8. The molecule has 2 heterocycles. The molecule has 1 amide bonds. The van der Waals surface area contributed by atoms with Gasteiger partial charge in [-0.2, -0.15) is 0 Å². The number of hydrogen-bond donors (Lipinski definition) is 0. The predicted molar refractivity (Wildman–Crippen MR) is 106 cm³/mol. The predicted octanol–water partition coefficient (Wildman–Crippen LogP) is 5.38. The van der Waals surface area contributed by atoms with Crippen LogP contribution in [0.5, 0.6) is 5.75 Å². The lowest BCUT2D eigenvalue weighted by atomic mass is 9.89. The Kier molecular flexibility index (Phi) is 3.17. The number of benzene rings is 3. The molecule has 0 saturated carbocycles. The average molecular weight is 357 g/mol. The standard InChI is InChI=1S/C23H19NO3/c1-22(2)23(24(21(25)27-22)19-10-4-3-5-11-19)13-12-18-14-16-8-6-7-9-17(16)15-20(18)26-23/h3-15H,1-2H3/t23-/m1/s1. The zero-order chi connectivity index (χ0) is 18.6. The Bertz CT molecular complexity index is 1090. The lowest BCUT2D eigenvalue weighted by Crippen LogP contribution is -2.60. The molecule has 4 heteroatoms. The molecule has 3 aromatic rings. The molecule has 1 spiro atoms. The Morgan fingerprint density at radius 1 is 0.852 bits per heavy atom. The summed E-state index contributed by atoms with van der Waals surface area (Å²) >= 11 is 0. The largest absolute Gasteiger partial charge is 0.459 e. The number of amides is 1. The third-order valence-corrected chi connectivity index (χ3v) is 5.37. The normalized spacial score (nSPS) is 22.6. The summed E-state index contributed by atoms with van der Waals surface area (Å²) in [4.78, 5) is 14.4. The maximum absolute atomic E-state index is 12.8. The Hall–Kier alpha value is -3.27. The molecule has 1 atom stereocenters. The molecule has 0 bridgehead atoms. The summed E-state index contributed by atoms with van der Waals surface area (Å²) in [5.41, 5.74) is -0.190. The first-order valence-electron chi connectivity index (χ1n) is 8.99.